The second kappa shape index (κ2) is 18.2. The molecular weight excluding hydrogens is 635 g/mol. The van der Waals surface area contributed by atoms with Gasteiger partial charge in [0.05, 0.1) is 13.2 Å². The van der Waals surface area contributed by atoms with Gasteiger partial charge < -0.3 is 18.9 Å². The number of carbonyl (C=O) groups is 2. The highest BCUT2D eigenvalue weighted by atomic mass is 79.9. The number of ether oxygens (including phenoxy) is 4. The van der Waals surface area contributed by atoms with E-state index in [2.05, 4.69) is 15.9 Å². The molecule has 0 atom stereocenters. The molecule has 1 aromatic rings. The van der Waals surface area contributed by atoms with Crippen LogP contribution < -0.4 is 4.74 Å². The maximum absolute atomic E-state index is 12.9. The van der Waals surface area contributed by atoms with Crippen LogP contribution in [0, 0.1) is 0 Å². The smallest absolute Gasteiger partial charge is 0.341 e. The Morgan fingerprint density at radius 2 is 1.37 bits per heavy atom. The molecule has 0 saturated carbocycles. The van der Waals surface area contributed by atoms with E-state index in [9.17, 15) is 9.59 Å². The van der Waals surface area contributed by atoms with E-state index in [-0.39, 0.29) is 11.8 Å². The van der Waals surface area contributed by atoms with Crippen LogP contribution in [0.4, 0.5) is 0 Å². The summed E-state index contributed by atoms with van der Waals surface area (Å²) >= 11 is 20.8. The maximum atomic E-state index is 12.9. The maximum Gasteiger partial charge on any atom is 0.341 e. The molecule has 0 N–H and O–H groups in total. The number of carbonyl (C=O) groups excluding carboxylic acids is 2. The van der Waals surface area contributed by atoms with Gasteiger partial charge in [0.15, 0.2) is 5.78 Å². The Balaban J connectivity index is 2.18. The van der Waals surface area contributed by atoms with E-state index in [4.69, 9.17) is 52.2 Å². The molecular formula is C27H42BrCl3O6Si. The average Bonchev–Trinajstić information content (AvgIpc) is 2.83. The fourth-order valence-electron chi connectivity index (χ4n) is 3.39. The summed E-state index contributed by atoms with van der Waals surface area (Å²) in [4.78, 5) is 24.6. The molecule has 38 heavy (non-hydrogen) atoms. The van der Waals surface area contributed by atoms with E-state index in [1.807, 2.05) is 0 Å². The van der Waals surface area contributed by atoms with Crippen LogP contribution in [0.15, 0.2) is 24.3 Å². The van der Waals surface area contributed by atoms with Crippen molar-refractivity contribution in [2.45, 2.75) is 88.6 Å². The molecule has 0 amide bonds. The van der Waals surface area contributed by atoms with Crippen molar-refractivity contribution < 1.29 is 28.5 Å². The molecule has 0 radical (unpaired) electrons. The Morgan fingerprint density at radius 3 is 1.95 bits per heavy atom. The molecule has 6 nitrogen and oxygen atoms in total. The third-order valence-corrected chi connectivity index (χ3v) is 8.57. The number of alkyl halides is 1. The van der Waals surface area contributed by atoms with Crippen molar-refractivity contribution in [2.75, 3.05) is 33.0 Å². The predicted octanol–water partition coefficient (Wildman–Crippen LogP) is 8.16. The summed E-state index contributed by atoms with van der Waals surface area (Å²) in [6, 6.07) is 5.06. The lowest BCUT2D eigenvalue weighted by Crippen LogP contribution is -2.35. The van der Waals surface area contributed by atoms with Crippen molar-refractivity contribution in [3.05, 3.63) is 29.8 Å². The average molecular weight is 677 g/mol. The van der Waals surface area contributed by atoms with Gasteiger partial charge in [-0.3, -0.25) is 9.59 Å². The van der Waals surface area contributed by atoms with Gasteiger partial charge in [0.25, 0.3) is 0 Å². The zero-order valence-electron chi connectivity index (χ0n) is 23.0. The zero-order valence-corrected chi connectivity index (χ0v) is 27.8. The van der Waals surface area contributed by atoms with Gasteiger partial charge in [-0.25, -0.2) is 0 Å². The molecule has 0 aliphatic rings. The summed E-state index contributed by atoms with van der Waals surface area (Å²) in [5, 5.41) is 0. The number of Topliss-reactive ketones (excluding diaryl/α,β-unsaturated/α-hetero) is 1. The first kappa shape index (κ1) is 35.7. The van der Waals surface area contributed by atoms with E-state index in [1.54, 1.807) is 52.0 Å². The van der Waals surface area contributed by atoms with Gasteiger partial charge in [0.2, 0.25) is 0 Å². The Morgan fingerprint density at radius 1 is 0.789 bits per heavy atom. The second-order valence-electron chi connectivity index (χ2n) is 10.1. The molecule has 0 heterocycles. The highest BCUT2D eigenvalue weighted by molar-refractivity contribution is 9.10. The van der Waals surface area contributed by atoms with Gasteiger partial charge >= 0.3 is 12.0 Å². The molecule has 218 valence electrons. The van der Waals surface area contributed by atoms with Crippen LogP contribution in [-0.4, -0.2) is 60.7 Å². The van der Waals surface area contributed by atoms with Gasteiger partial charge in [-0.15, -0.1) is 33.2 Å². The van der Waals surface area contributed by atoms with E-state index in [0.717, 1.165) is 38.5 Å². The van der Waals surface area contributed by atoms with Crippen molar-refractivity contribution in [3.63, 3.8) is 0 Å². The molecule has 1 aromatic carbocycles. The number of ketones is 1. The molecule has 0 spiro atoms. The number of rotatable bonds is 21. The Kier molecular flexibility index (Phi) is 17.0. The van der Waals surface area contributed by atoms with Gasteiger partial charge in [0.1, 0.15) is 22.3 Å². The number of hydrogen-bond acceptors (Lipinski definition) is 6. The third kappa shape index (κ3) is 16.7. The molecule has 0 unspecified atom stereocenters. The van der Waals surface area contributed by atoms with Crippen LogP contribution in [-0.2, 0) is 19.0 Å². The summed E-state index contributed by atoms with van der Waals surface area (Å²) in [5.41, 5.74) is -0.322. The third-order valence-electron chi connectivity index (χ3n) is 5.63. The number of esters is 1. The molecule has 11 heteroatoms. The van der Waals surface area contributed by atoms with Crippen molar-refractivity contribution in [1.82, 2.24) is 0 Å². The van der Waals surface area contributed by atoms with Crippen LogP contribution in [0.1, 0.15) is 83.0 Å². The van der Waals surface area contributed by atoms with E-state index in [1.165, 1.54) is 0 Å². The van der Waals surface area contributed by atoms with E-state index in [0.29, 0.717) is 56.8 Å². The first-order valence-corrected chi connectivity index (χ1v) is 19.2. The van der Waals surface area contributed by atoms with Crippen LogP contribution in [0.5, 0.6) is 5.75 Å². The summed E-state index contributed by atoms with van der Waals surface area (Å²) < 4.78 is 21.7. The molecule has 1 rings (SSSR count). The van der Waals surface area contributed by atoms with Gasteiger partial charge in [0, 0.05) is 18.8 Å². The minimum atomic E-state index is -2.58. The lowest BCUT2D eigenvalue weighted by atomic mass is 9.96. The SMILES string of the molecule is CC(C)(Br)C(=O)OCCCCCCCCOC(C)(C)C(=O)c1ccc(OCCOCCC[Si](Cl)(Cl)Cl)cc1. The van der Waals surface area contributed by atoms with Crippen molar-refractivity contribution in [1.29, 1.82) is 0 Å². The second-order valence-corrected chi connectivity index (χ2v) is 21.4. The van der Waals surface area contributed by atoms with E-state index < -0.39 is 15.9 Å². The van der Waals surface area contributed by atoms with E-state index >= 15 is 0 Å². The fraction of sp³-hybridized carbons (Fsp3) is 0.704. The summed E-state index contributed by atoms with van der Waals surface area (Å²) in [7, 11) is 0. The van der Waals surface area contributed by atoms with Gasteiger partial charge in [-0.2, -0.15) is 0 Å². The minimum Gasteiger partial charge on any atom is -0.491 e. The number of hydrogen-bond donors (Lipinski definition) is 0. The number of halogens is 4. The standard InChI is InChI=1S/C27H42BrCl3O6Si/c1-26(2,28)25(33)36-17-9-7-5-6-8-10-18-37-27(3,4)24(32)22-12-14-23(15-13-22)35-20-19-34-16-11-21-38(29,30)31/h12-15H,5-11,16-21H2,1-4H3. The minimum absolute atomic E-state index is 0.0638. The normalized spacial score (nSPS) is 12.4. The molecule has 0 bridgehead atoms. The van der Waals surface area contributed by atoms with Crippen molar-refractivity contribution in [2.24, 2.45) is 0 Å². The zero-order chi connectivity index (χ0) is 28.7. The molecule has 0 aliphatic heterocycles. The van der Waals surface area contributed by atoms with Crippen LogP contribution in [0.2, 0.25) is 6.04 Å². The highest BCUT2D eigenvalue weighted by Crippen LogP contribution is 2.26. The van der Waals surface area contributed by atoms with Gasteiger partial charge in [-0.1, -0.05) is 41.6 Å². The largest absolute Gasteiger partial charge is 0.491 e. The van der Waals surface area contributed by atoms with Crippen LogP contribution >= 0.6 is 49.2 Å². The monoisotopic (exact) mass is 674 g/mol. The Labute approximate surface area is 251 Å². The van der Waals surface area contributed by atoms with Crippen molar-refractivity contribution >= 4 is 66.9 Å². The van der Waals surface area contributed by atoms with Crippen molar-refractivity contribution in [3.8, 4) is 5.75 Å². The van der Waals surface area contributed by atoms with Crippen LogP contribution in [0.3, 0.4) is 0 Å². The van der Waals surface area contributed by atoms with Gasteiger partial charge in [-0.05, 0) is 77.3 Å². The quantitative estimate of drug-likeness (QED) is 0.0327. The lowest BCUT2D eigenvalue weighted by molar-refractivity contribution is -0.145. The summed E-state index contributed by atoms with van der Waals surface area (Å²) in [5.74, 6) is 0.374. The fourth-order valence-corrected chi connectivity index (χ4v) is 5.25. The molecule has 0 fully saturated rings. The lowest BCUT2D eigenvalue weighted by Gasteiger charge is -2.24. The summed E-state index contributed by atoms with van der Waals surface area (Å²) in [6.45, 7) is 9.51. The molecule has 0 aliphatic carbocycles. The predicted molar refractivity (Wildman–Crippen MR) is 162 cm³/mol. The molecule has 0 saturated heterocycles. The molecule has 0 aromatic heterocycles. The Bertz CT molecular complexity index is 826. The Hall–Kier alpha value is -0.353. The van der Waals surface area contributed by atoms with Crippen LogP contribution in [0.25, 0.3) is 0 Å². The topological polar surface area (TPSA) is 71.1 Å². The first-order chi connectivity index (χ1) is 17.7. The first-order valence-electron chi connectivity index (χ1n) is 13.1. The number of benzene rings is 1. The highest BCUT2D eigenvalue weighted by Gasteiger charge is 2.29. The number of unbranched alkanes of at least 4 members (excludes halogenated alkanes) is 5. The summed E-state index contributed by atoms with van der Waals surface area (Å²) in [6.07, 6.45) is 6.69.